The molecule has 6 heteroatoms. The maximum atomic E-state index is 8.73. The van der Waals surface area contributed by atoms with Crippen molar-refractivity contribution < 1.29 is 4.52 Å². The van der Waals surface area contributed by atoms with Crippen LogP contribution in [-0.4, -0.2) is 16.4 Å². The Morgan fingerprint density at radius 3 is 3.07 bits per heavy atom. The molecule has 2 rings (SSSR count). The standard InChI is InChI=1S/C8H6N4OS/c1-14-8-6-5(7(10)12-13-6)2-4(3-9)11-8/h2H,1H3,(H2,10,12). The maximum absolute atomic E-state index is 8.73. The number of thioether (sulfide) groups is 1. The van der Waals surface area contributed by atoms with E-state index in [1.165, 1.54) is 11.8 Å². The molecule has 0 aliphatic carbocycles. The molecule has 0 aliphatic rings. The first-order chi connectivity index (χ1) is 6.76. The highest BCUT2D eigenvalue weighted by atomic mass is 32.2. The van der Waals surface area contributed by atoms with Crippen LogP contribution in [0.5, 0.6) is 0 Å². The molecule has 0 fully saturated rings. The van der Waals surface area contributed by atoms with Crippen LogP contribution in [0.2, 0.25) is 0 Å². The average Bonchev–Trinajstić information content (AvgIpc) is 2.59. The lowest BCUT2D eigenvalue weighted by Gasteiger charge is -1.95. The van der Waals surface area contributed by atoms with Gasteiger partial charge in [-0.2, -0.15) is 5.26 Å². The highest BCUT2D eigenvalue weighted by Gasteiger charge is 2.12. The summed E-state index contributed by atoms with van der Waals surface area (Å²) in [6, 6.07) is 3.53. The van der Waals surface area contributed by atoms with Gasteiger partial charge in [0.1, 0.15) is 16.8 Å². The Morgan fingerprint density at radius 1 is 1.64 bits per heavy atom. The molecule has 2 N–H and O–H groups in total. The molecule has 2 aromatic rings. The fraction of sp³-hybridized carbons (Fsp3) is 0.125. The van der Waals surface area contributed by atoms with E-state index in [9.17, 15) is 0 Å². The number of aromatic nitrogens is 2. The van der Waals surface area contributed by atoms with Crippen molar-refractivity contribution in [3.05, 3.63) is 11.8 Å². The molecule has 0 aromatic carbocycles. The Bertz CT molecular complexity index is 528. The summed E-state index contributed by atoms with van der Waals surface area (Å²) < 4.78 is 5.00. The van der Waals surface area contributed by atoms with Gasteiger partial charge in [0, 0.05) is 0 Å². The van der Waals surface area contributed by atoms with Crippen molar-refractivity contribution in [1.82, 2.24) is 10.1 Å². The van der Waals surface area contributed by atoms with Crippen molar-refractivity contribution >= 4 is 28.5 Å². The van der Waals surface area contributed by atoms with Crippen molar-refractivity contribution in [3.63, 3.8) is 0 Å². The molecule has 2 heterocycles. The number of anilines is 1. The Morgan fingerprint density at radius 2 is 2.43 bits per heavy atom. The Balaban J connectivity index is 2.84. The molecule has 0 saturated carbocycles. The number of nitrogens with two attached hydrogens (primary N) is 1. The predicted octanol–water partition coefficient (Wildman–Crippen LogP) is 1.40. The molecule has 70 valence electrons. The van der Waals surface area contributed by atoms with Crippen LogP contribution in [0.25, 0.3) is 11.0 Å². The first-order valence-corrected chi connectivity index (χ1v) is 4.98. The minimum Gasteiger partial charge on any atom is -0.380 e. The lowest BCUT2D eigenvalue weighted by Crippen LogP contribution is -1.88. The second-order valence-corrected chi connectivity index (χ2v) is 3.37. The fourth-order valence-electron chi connectivity index (χ4n) is 1.13. The summed E-state index contributed by atoms with van der Waals surface area (Å²) in [5.41, 5.74) is 6.42. The predicted molar refractivity (Wildman–Crippen MR) is 52.7 cm³/mol. The number of hydrogen-bond donors (Lipinski definition) is 1. The third-order valence-electron chi connectivity index (χ3n) is 1.76. The van der Waals surface area contributed by atoms with Crippen LogP contribution in [-0.2, 0) is 0 Å². The Hall–Kier alpha value is -1.74. The van der Waals surface area contributed by atoms with Crippen molar-refractivity contribution in [2.75, 3.05) is 12.0 Å². The smallest absolute Gasteiger partial charge is 0.201 e. The molecule has 0 amide bonds. The highest BCUT2D eigenvalue weighted by molar-refractivity contribution is 7.98. The van der Waals surface area contributed by atoms with Gasteiger partial charge in [-0.1, -0.05) is 5.16 Å². The Labute approximate surface area is 83.9 Å². The summed E-state index contributed by atoms with van der Waals surface area (Å²) in [7, 11) is 0. The molecule has 0 bridgehead atoms. The second kappa shape index (κ2) is 3.20. The summed E-state index contributed by atoms with van der Waals surface area (Å²) in [5.74, 6) is 0.286. The van der Waals surface area contributed by atoms with Crippen LogP contribution in [0.3, 0.4) is 0 Å². The number of pyridine rings is 1. The van der Waals surface area contributed by atoms with Gasteiger partial charge < -0.3 is 10.3 Å². The molecule has 0 saturated heterocycles. The lowest BCUT2D eigenvalue weighted by molar-refractivity contribution is 0.454. The van der Waals surface area contributed by atoms with Gasteiger partial charge in [-0.05, 0) is 12.3 Å². The first kappa shape index (κ1) is 8.84. The first-order valence-electron chi connectivity index (χ1n) is 3.76. The summed E-state index contributed by atoms with van der Waals surface area (Å²) in [5, 5.41) is 13.6. The number of rotatable bonds is 1. The van der Waals surface area contributed by atoms with Gasteiger partial charge in [0.25, 0.3) is 0 Å². The molecular formula is C8H6N4OS. The van der Waals surface area contributed by atoms with Crippen molar-refractivity contribution in [2.45, 2.75) is 5.03 Å². The zero-order valence-electron chi connectivity index (χ0n) is 7.31. The summed E-state index contributed by atoms with van der Waals surface area (Å²) in [6.07, 6.45) is 1.85. The molecular weight excluding hydrogens is 200 g/mol. The molecule has 0 unspecified atom stereocenters. The van der Waals surface area contributed by atoms with E-state index in [-0.39, 0.29) is 5.82 Å². The number of hydrogen-bond acceptors (Lipinski definition) is 6. The van der Waals surface area contributed by atoms with E-state index in [1.807, 2.05) is 12.3 Å². The SMILES string of the molecule is CSc1nc(C#N)cc2c(N)noc12. The van der Waals surface area contributed by atoms with E-state index in [0.29, 0.717) is 21.7 Å². The topological polar surface area (TPSA) is 88.7 Å². The van der Waals surface area contributed by atoms with Crippen LogP contribution in [0.15, 0.2) is 15.6 Å². The highest BCUT2D eigenvalue weighted by Crippen LogP contribution is 2.28. The van der Waals surface area contributed by atoms with Gasteiger partial charge in [0.05, 0.1) is 5.39 Å². The van der Waals surface area contributed by atoms with Crippen LogP contribution >= 0.6 is 11.8 Å². The van der Waals surface area contributed by atoms with E-state index in [0.717, 1.165) is 0 Å². The zero-order valence-corrected chi connectivity index (χ0v) is 8.13. The fourth-order valence-corrected chi connectivity index (χ4v) is 1.65. The molecule has 0 radical (unpaired) electrons. The van der Waals surface area contributed by atoms with Gasteiger partial charge in [0.15, 0.2) is 5.82 Å². The third kappa shape index (κ3) is 1.18. The molecule has 2 aromatic heterocycles. The summed E-state index contributed by atoms with van der Waals surface area (Å²) in [6.45, 7) is 0. The quantitative estimate of drug-likeness (QED) is 0.709. The van der Waals surface area contributed by atoms with Crippen LogP contribution < -0.4 is 5.73 Å². The number of nitriles is 1. The van der Waals surface area contributed by atoms with Crippen LogP contribution in [0.4, 0.5) is 5.82 Å². The van der Waals surface area contributed by atoms with Crippen molar-refractivity contribution in [1.29, 1.82) is 5.26 Å². The number of nitrogen functional groups attached to an aromatic ring is 1. The van der Waals surface area contributed by atoms with Gasteiger partial charge in [-0.3, -0.25) is 0 Å². The molecule has 0 spiro atoms. The minimum atomic E-state index is 0.286. The van der Waals surface area contributed by atoms with Gasteiger partial charge >= 0.3 is 0 Å². The largest absolute Gasteiger partial charge is 0.380 e. The Kier molecular flexibility index (Phi) is 2.02. The summed E-state index contributed by atoms with van der Waals surface area (Å²) in [4.78, 5) is 4.06. The van der Waals surface area contributed by atoms with E-state index in [1.54, 1.807) is 6.07 Å². The number of nitrogens with zero attached hydrogens (tertiary/aromatic N) is 3. The van der Waals surface area contributed by atoms with E-state index < -0.39 is 0 Å². The second-order valence-electron chi connectivity index (χ2n) is 2.57. The zero-order chi connectivity index (χ0) is 10.1. The third-order valence-corrected chi connectivity index (χ3v) is 2.42. The average molecular weight is 206 g/mol. The van der Waals surface area contributed by atoms with Gasteiger partial charge in [-0.25, -0.2) is 4.98 Å². The van der Waals surface area contributed by atoms with Crippen molar-refractivity contribution in [2.24, 2.45) is 0 Å². The molecule has 14 heavy (non-hydrogen) atoms. The molecule has 0 atom stereocenters. The maximum Gasteiger partial charge on any atom is 0.201 e. The van der Waals surface area contributed by atoms with E-state index in [4.69, 9.17) is 15.5 Å². The summed E-state index contributed by atoms with van der Waals surface area (Å²) >= 11 is 1.39. The van der Waals surface area contributed by atoms with E-state index in [2.05, 4.69) is 10.1 Å². The van der Waals surface area contributed by atoms with Crippen molar-refractivity contribution in [3.8, 4) is 6.07 Å². The van der Waals surface area contributed by atoms with Gasteiger partial charge in [0.2, 0.25) is 5.58 Å². The number of fused-ring (bicyclic) bond motifs is 1. The van der Waals surface area contributed by atoms with Crippen LogP contribution in [0.1, 0.15) is 5.69 Å². The molecule has 5 nitrogen and oxygen atoms in total. The van der Waals surface area contributed by atoms with E-state index >= 15 is 0 Å². The monoisotopic (exact) mass is 206 g/mol. The van der Waals surface area contributed by atoms with Gasteiger partial charge in [-0.15, -0.1) is 11.8 Å². The lowest BCUT2D eigenvalue weighted by atomic mass is 10.3. The normalized spacial score (nSPS) is 10.3. The molecule has 0 aliphatic heterocycles. The van der Waals surface area contributed by atoms with Crippen LogP contribution in [0, 0.1) is 11.3 Å². The minimum absolute atomic E-state index is 0.286.